The van der Waals surface area contributed by atoms with Crippen LogP contribution < -0.4 is 16.2 Å². The molecule has 2 aliphatic rings. The Hall–Kier alpha value is -2.29. The lowest BCUT2D eigenvalue weighted by molar-refractivity contribution is -0.137. The number of pyridine rings is 1. The van der Waals surface area contributed by atoms with Crippen molar-refractivity contribution in [3.8, 4) is 0 Å². The van der Waals surface area contributed by atoms with Gasteiger partial charge in [-0.25, -0.2) is 10.9 Å². The number of thiophene rings is 1. The van der Waals surface area contributed by atoms with Crippen molar-refractivity contribution >= 4 is 23.2 Å². The molecule has 148 valence electrons. The number of aromatic nitrogens is 1. The van der Waals surface area contributed by atoms with Crippen molar-refractivity contribution in [1.82, 2.24) is 26.1 Å². The van der Waals surface area contributed by atoms with E-state index in [4.69, 9.17) is 0 Å². The molecule has 28 heavy (non-hydrogen) atoms. The number of hydrogen-bond acceptors (Lipinski definition) is 6. The molecule has 2 aromatic heterocycles. The summed E-state index contributed by atoms with van der Waals surface area (Å²) in [5.74, 6) is 0.198. The number of nitrogens with one attached hydrogen (secondary N) is 3. The predicted octanol–water partition coefficient (Wildman–Crippen LogP) is 1.61. The lowest BCUT2D eigenvalue weighted by atomic mass is 9.95. The highest BCUT2D eigenvalue weighted by atomic mass is 32.1. The average molecular weight is 400 g/mol. The van der Waals surface area contributed by atoms with Gasteiger partial charge in [-0.15, -0.1) is 11.3 Å². The number of amides is 2. The van der Waals surface area contributed by atoms with Crippen molar-refractivity contribution in [1.29, 1.82) is 0 Å². The topological polar surface area (TPSA) is 86.4 Å². The molecule has 0 aliphatic carbocycles. The Morgan fingerprint density at radius 2 is 1.96 bits per heavy atom. The minimum absolute atomic E-state index is 0.0109. The fraction of sp³-hybridized carbons (Fsp3) is 0.450. The largest absolute Gasteiger partial charge is 0.351 e. The molecule has 0 spiro atoms. The number of hydrogen-bond donors (Lipinski definition) is 3. The highest BCUT2D eigenvalue weighted by molar-refractivity contribution is 7.09. The third-order valence-electron chi connectivity index (χ3n) is 5.50. The summed E-state index contributed by atoms with van der Waals surface area (Å²) in [6, 6.07) is 7.81. The normalized spacial score (nSPS) is 22.9. The summed E-state index contributed by atoms with van der Waals surface area (Å²) < 4.78 is 0. The molecule has 2 atom stereocenters. The summed E-state index contributed by atoms with van der Waals surface area (Å²) in [4.78, 5) is 32.3. The van der Waals surface area contributed by atoms with Gasteiger partial charge in [-0.3, -0.25) is 14.6 Å². The molecule has 4 rings (SSSR count). The zero-order valence-electron chi connectivity index (χ0n) is 15.6. The Bertz CT molecular complexity index is 790. The molecule has 2 aromatic rings. The van der Waals surface area contributed by atoms with Gasteiger partial charge in [-0.2, -0.15) is 0 Å². The van der Waals surface area contributed by atoms with E-state index in [1.54, 1.807) is 23.7 Å². The van der Waals surface area contributed by atoms with Gasteiger partial charge in [0, 0.05) is 42.3 Å². The fourth-order valence-electron chi connectivity index (χ4n) is 3.85. The first-order valence-corrected chi connectivity index (χ1v) is 10.6. The van der Waals surface area contributed by atoms with Gasteiger partial charge in [0.1, 0.15) is 6.04 Å². The van der Waals surface area contributed by atoms with Crippen LogP contribution in [0.5, 0.6) is 0 Å². The monoisotopic (exact) mass is 399 g/mol. The molecule has 7 nitrogen and oxygen atoms in total. The van der Waals surface area contributed by atoms with Crippen LogP contribution in [0.4, 0.5) is 0 Å². The van der Waals surface area contributed by atoms with Crippen molar-refractivity contribution in [2.45, 2.75) is 37.9 Å². The second-order valence-electron chi connectivity index (χ2n) is 7.31. The minimum atomic E-state index is -0.234. The Labute approximate surface area is 168 Å². The first-order valence-electron chi connectivity index (χ1n) is 9.70. The molecule has 2 unspecified atom stereocenters. The lowest BCUT2D eigenvalue weighted by Gasteiger charge is -2.32. The van der Waals surface area contributed by atoms with Gasteiger partial charge in [-0.1, -0.05) is 6.07 Å². The van der Waals surface area contributed by atoms with Gasteiger partial charge in [0.05, 0.1) is 6.54 Å². The molecule has 2 saturated heterocycles. The molecule has 2 amide bonds. The maximum Gasteiger partial charge on any atom is 0.241 e. The summed E-state index contributed by atoms with van der Waals surface area (Å²) in [5.41, 5.74) is 7.47. The number of piperidine rings is 1. The summed E-state index contributed by atoms with van der Waals surface area (Å²) >= 11 is 1.64. The second kappa shape index (κ2) is 8.81. The molecule has 4 heterocycles. The van der Waals surface area contributed by atoms with Crippen molar-refractivity contribution < 1.29 is 9.59 Å². The van der Waals surface area contributed by atoms with Crippen molar-refractivity contribution in [2.75, 3.05) is 13.1 Å². The van der Waals surface area contributed by atoms with Crippen LogP contribution in [0.25, 0.3) is 0 Å². The maximum atomic E-state index is 12.8. The van der Waals surface area contributed by atoms with Crippen LogP contribution in [0.1, 0.15) is 35.7 Å². The van der Waals surface area contributed by atoms with Gasteiger partial charge in [0.15, 0.2) is 0 Å². The first-order chi connectivity index (χ1) is 13.7. The molecular weight excluding hydrogens is 374 g/mol. The number of likely N-dealkylation sites (tertiary alicyclic amines) is 1. The number of rotatable bonds is 5. The van der Waals surface area contributed by atoms with Gasteiger partial charge in [-0.05, 0) is 48.4 Å². The Morgan fingerprint density at radius 1 is 1.18 bits per heavy atom. The van der Waals surface area contributed by atoms with Gasteiger partial charge < -0.3 is 10.2 Å². The van der Waals surface area contributed by atoms with Crippen molar-refractivity contribution in [3.05, 3.63) is 52.5 Å². The molecule has 0 radical (unpaired) electrons. The van der Waals surface area contributed by atoms with E-state index in [1.807, 2.05) is 34.5 Å². The Balaban J connectivity index is 1.23. The van der Waals surface area contributed by atoms with E-state index in [-0.39, 0.29) is 29.8 Å². The fourth-order valence-corrected chi connectivity index (χ4v) is 4.49. The maximum absolute atomic E-state index is 12.8. The van der Waals surface area contributed by atoms with E-state index in [0.29, 0.717) is 26.1 Å². The summed E-state index contributed by atoms with van der Waals surface area (Å²) in [7, 11) is 0. The van der Waals surface area contributed by atoms with Crippen LogP contribution >= 0.6 is 11.3 Å². The van der Waals surface area contributed by atoms with Gasteiger partial charge >= 0.3 is 0 Å². The molecule has 0 saturated carbocycles. The third kappa shape index (κ3) is 4.40. The smallest absolute Gasteiger partial charge is 0.241 e. The Morgan fingerprint density at radius 3 is 2.68 bits per heavy atom. The average Bonchev–Trinajstić information content (AvgIpc) is 3.44. The molecule has 8 heteroatoms. The van der Waals surface area contributed by atoms with Gasteiger partial charge in [0.2, 0.25) is 11.8 Å². The van der Waals surface area contributed by atoms with Crippen molar-refractivity contribution in [3.63, 3.8) is 0 Å². The standard InChI is InChI=1S/C20H25N5O2S/c26-19(22-13-16-2-1-11-28-16)15-5-9-25(10-6-15)20(27)18-12-17(23-24-18)14-3-7-21-8-4-14/h1-4,7-8,11,15,17-18,23-24H,5-6,9-10,12-13H2,(H,22,26). The summed E-state index contributed by atoms with van der Waals surface area (Å²) in [5, 5.41) is 5.03. The van der Waals surface area contributed by atoms with E-state index in [2.05, 4.69) is 21.2 Å². The van der Waals surface area contributed by atoms with Crippen LogP contribution in [0.15, 0.2) is 42.0 Å². The molecule has 0 aromatic carbocycles. The van der Waals surface area contributed by atoms with Gasteiger partial charge in [0.25, 0.3) is 0 Å². The lowest BCUT2D eigenvalue weighted by Crippen LogP contribution is -2.49. The molecule has 2 fully saturated rings. The van der Waals surface area contributed by atoms with E-state index < -0.39 is 0 Å². The van der Waals surface area contributed by atoms with E-state index >= 15 is 0 Å². The minimum Gasteiger partial charge on any atom is -0.351 e. The zero-order valence-corrected chi connectivity index (χ0v) is 16.5. The van der Waals surface area contributed by atoms with Crippen LogP contribution in [-0.2, 0) is 16.1 Å². The highest BCUT2D eigenvalue weighted by Gasteiger charge is 2.35. The van der Waals surface area contributed by atoms with E-state index in [9.17, 15) is 9.59 Å². The molecule has 2 aliphatic heterocycles. The van der Waals surface area contributed by atoms with Crippen molar-refractivity contribution in [2.24, 2.45) is 5.92 Å². The van der Waals surface area contributed by atoms with Crippen LogP contribution in [0, 0.1) is 5.92 Å². The molecule has 3 N–H and O–H groups in total. The SMILES string of the molecule is O=C(NCc1cccs1)C1CCN(C(=O)C2CC(c3ccncc3)NN2)CC1. The van der Waals surface area contributed by atoms with Crippen LogP contribution in [0.2, 0.25) is 0 Å². The van der Waals surface area contributed by atoms with E-state index in [1.165, 1.54) is 0 Å². The quantitative estimate of drug-likeness (QED) is 0.711. The summed E-state index contributed by atoms with van der Waals surface area (Å²) in [6.45, 7) is 1.85. The van der Waals surface area contributed by atoms with Crippen LogP contribution in [-0.4, -0.2) is 40.8 Å². The highest BCUT2D eigenvalue weighted by Crippen LogP contribution is 2.24. The molecule has 0 bridgehead atoms. The Kier molecular flexibility index (Phi) is 5.99. The van der Waals surface area contributed by atoms with E-state index in [0.717, 1.165) is 23.3 Å². The predicted molar refractivity (Wildman–Crippen MR) is 107 cm³/mol. The molecular formula is C20H25N5O2S. The number of hydrazine groups is 1. The third-order valence-corrected chi connectivity index (χ3v) is 6.38. The number of nitrogens with zero attached hydrogens (tertiary/aromatic N) is 2. The van der Waals surface area contributed by atoms with Crippen LogP contribution in [0.3, 0.4) is 0 Å². The number of carbonyl (C=O) groups excluding carboxylic acids is 2. The summed E-state index contributed by atoms with van der Waals surface area (Å²) in [6.07, 6.45) is 5.68. The number of carbonyl (C=O) groups is 2. The first kappa shape index (κ1) is 19.0. The second-order valence-corrected chi connectivity index (χ2v) is 8.34. The zero-order chi connectivity index (χ0) is 19.3.